The molecular formula is C32H31F5N3O5-. The normalized spacial score (nSPS) is 13.1. The Kier molecular flexibility index (Phi) is 10.6. The Morgan fingerprint density at radius 2 is 1.67 bits per heavy atom. The number of rotatable bonds is 12. The standard InChI is InChI=1S/C32H31F5N3O5/c1-19-28(21-11-6-14-26(45-2)29(21)34)30(43)40(18-25(20-9-4-3-5-10-20)38-16-8-15-27(41)42)31(44)39(19)17-22-23(32(35,36)37)12-7-13-24(22)33/h3-7,9-14,25,27,38,41H,8,15-18H2,1-2H3/q-1/t25-,27?/m0/s1. The van der Waals surface area contributed by atoms with Crippen LogP contribution < -0.4 is 26.4 Å². The van der Waals surface area contributed by atoms with Crippen molar-refractivity contribution in [1.82, 2.24) is 14.5 Å². The van der Waals surface area contributed by atoms with E-state index < -0.39 is 59.1 Å². The summed E-state index contributed by atoms with van der Waals surface area (Å²) in [4.78, 5) is 28.0. The van der Waals surface area contributed by atoms with Crippen LogP contribution in [0.3, 0.4) is 0 Å². The average Bonchev–Trinajstić information content (AvgIpc) is 2.99. The van der Waals surface area contributed by atoms with Gasteiger partial charge in [-0.15, -0.1) is 0 Å². The number of halogens is 5. The third-order valence-corrected chi connectivity index (χ3v) is 7.47. The van der Waals surface area contributed by atoms with Gasteiger partial charge in [-0.2, -0.15) is 13.2 Å². The quantitative estimate of drug-likeness (QED) is 0.138. The second-order valence-electron chi connectivity index (χ2n) is 10.3. The van der Waals surface area contributed by atoms with Crippen LogP contribution in [-0.4, -0.2) is 34.2 Å². The van der Waals surface area contributed by atoms with Crippen molar-refractivity contribution >= 4 is 0 Å². The van der Waals surface area contributed by atoms with E-state index in [-0.39, 0.29) is 48.5 Å². The minimum absolute atomic E-state index is 0.0603. The zero-order chi connectivity index (χ0) is 32.9. The van der Waals surface area contributed by atoms with E-state index >= 15 is 4.39 Å². The highest BCUT2D eigenvalue weighted by Gasteiger charge is 2.35. The van der Waals surface area contributed by atoms with E-state index in [0.717, 1.165) is 21.3 Å². The maximum absolute atomic E-state index is 15.6. The van der Waals surface area contributed by atoms with E-state index in [1.807, 2.05) is 0 Å². The van der Waals surface area contributed by atoms with Crippen molar-refractivity contribution in [3.05, 3.63) is 122 Å². The number of hydrogen-bond acceptors (Lipinski definition) is 6. The summed E-state index contributed by atoms with van der Waals surface area (Å²) in [6.45, 7) is 0.214. The summed E-state index contributed by atoms with van der Waals surface area (Å²) in [5.41, 5.74) is -4.24. The molecule has 4 rings (SSSR count). The first-order valence-electron chi connectivity index (χ1n) is 14.0. The highest BCUT2D eigenvalue weighted by Crippen LogP contribution is 2.34. The predicted octanol–water partition coefficient (Wildman–Crippen LogP) is 4.13. The zero-order valence-electron chi connectivity index (χ0n) is 24.4. The number of alkyl halides is 3. The molecule has 1 heterocycles. The molecule has 0 bridgehead atoms. The molecule has 13 heteroatoms. The van der Waals surface area contributed by atoms with Gasteiger partial charge in [0.15, 0.2) is 11.6 Å². The van der Waals surface area contributed by atoms with Gasteiger partial charge in [0, 0.05) is 16.8 Å². The number of aliphatic hydroxyl groups excluding tert-OH is 1. The van der Waals surface area contributed by atoms with Crippen LogP contribution >= 0.6 is 0 Å². The first-order valence-corrected chi connectivity index (χ1v) is 14.0. The largest absolute Gasteiger partial charge is 0.831 e. The SMILES string of the molecule is COc1cccc(-c2c(C)n(Cc3c(F)cccc3C(F)(F)F)c(=O)n(C[C@H](NCCCC([O-])O)c3ccccc3)c2=O)c1F. The Morgan fingerprint density at radius 1 is 0.978 bits per heavy atom. The molecule has 4 aromatic rings. The molecule has 0 aliphatic carbocycles. The van der Waals surface area contributed by atoms with E-state index in [1.54, 1.807) is 30.3 Å². The molecule has 0 spiro atoms. The fraction of sp³-hybridized carbons (Fsp3) is 0.312. The van der Waals surface area contributed by atoms with Crippen molar-refractivity contribution < 1.29 is 36.9 Å². The van der Waals surface area contributed by atoms with Gasteiger partial charge in [-0.3, -0.25) is 13.9 Å². The molecule has 2 atom stereocenters. The summed E-state index contributed by atoms with van der Waals surface area (Å²) < 4.78 is 78.8. The first kappa shape index (κ1) is 33.6. The van der Waals surface area contributed by atoms with Crippen molar-refractivity contribution in [1.29, 1.82) is 0 Å². The van der Waals surface area contributed by atoms with Gasteiger partial charge in [0.2, 0.25) is 0 Å². The molecule has 1 unspecified atom stereocenters. The van der Waals surface area contributed by atoms with Crippen LogP contribution in [0.5, 0.6) is 5.75 Å². The van der Waals surface area contributed by atoms with Gasteiger partial charge < -0.3 is 20.3 Å². The molecule has 2 N–H and O–H groups in total. The zero-order valence-corrected chi connectivity index (χ0v) is 24.4. The summed E-state index contributed by atoms with van der Waals surface area (Å²) in [7, 11) is 1.22. The van der Waals surface area contributed by atoms with Gasteiger partial charge in [-0.1, -0.05) is 48.5 Å². The second kappa shape index (κ2) is 14.2. The lowest BCUT2D eigenvalue weighted by molar-refractivity contribution is -0.483. The van der Waals surface area contributed by atoms with E-state index in [4.69, 9.17) is 9.84 Å². The molecule has 0 radical (unpaired) electrons. The van der Waals surface area contributed by atoms with E-state index in [1.165, 1.54) is 32.2 Å². The lowest BCUT2D eigenvalue weighted by atomic mass is 10.0. The third-order valence-electron chi connectivity index (χ3n) is 7.47. The van der Waals surface area contributed by atoms with Crippen LogP contribution in [0.1, 0.15) is 41.3 Å². The lowest BCUT2D eigenvalue weighted by Gasteiger charge is -2.24. The number of nitrogens with one attached hydrogen (secondary N) is 1. The van der Waals surface area contributed by atoms with Crippen LogP contribution in [0.2, 0.25) is 0 Å². The summed E-state index contributed by atoms with van der Waals surface area (Å²) in [5, 5.41) is 23.3. The van der Waals surface area contributed by atoms with Gasteiger partial charge in [0.05, 0.1) is 37.4 Å². The highest BCUT2D eigenvalue weighted by atomic mass is 19.4. The van der Waals surface area contributed by atoms with Crippen LogP contribution in [-0.2, 0) is 19.3 Å². The summed E-state index contributed by atoms with van der Waals surface area (Å²) in [6.07, 6.45) is -6.54. The number of aromatic nitrogens is 2. The van der Waals surface area contributed by atoms with Crippen LogP contribution in [0, 0.1) is 18.6 Å². The van der Waals surface area contributed by atoms with Gasteiger partial charge >= 0.3 is 11.9 Å². The number of aliphatic hydroxyl groups is 1. The Morgan fingerprint density at radius 3 is 2.31 bits per heavy atom. The third kappa shape index (κ3) is 7.49. The van der Waals surface area contributed by atoms with Crippen molar-refractivity contribution in [2.75, 3.05) is 13.7 Å². The number of hydrogen-bond donors (Lipinski definition) is 2. The lowest BCUT2D eigenvalue weighted by Crippen LogP contribution is -2.45. The number of benzene rings is 3. The first-order chi connectivity index (χ1) is 21.3. The molecule has 0 saturated heterocycles. The molecule has 240 valence electrons. The van der Waals surface area contributed by atoms with Crippen molar-refractivity contribution in [3.8, 4) is 16.9 Å². The molecule has 1 aromatic heterocycles. The number of nitrogens with zero attached hydrogens (tertiary/aromatic N) is 2. The molecule has 3 aromatic carbocycles. The van der Waals surface area contributed by atoms with Gasteiger partial charge in [0.1, 0.15) is 5.82 Å². The minimum Gasteiger partial charge on any atom is -0.831 e. The second-order valence-corrected chi connectivity index (χ2v) is 10.3. The average molecular weight is 633 g/mol. The number of methoxy groups -OCH3 is 1. The van der Waals surface area contributed by atoms with Gasteiger partial charge in [-0.05, 0) is 56.4 Å². The van der Waals surface area contributed by atoms with Crippen LogP contribution in [0.25, 0.3) is 11.1 Å². The van der Waals surface area contributed by atoms with Crippen molar-refractivity contribution in [3.63, 3.8) is 0 Å². The Balaban J connectivity index is 1.95. The molecule has 0 saturated carbocycles. The fourth-order valence-corrected chi connectivity index (χ4v) is 5.17. The highest BCUT2D eigenvalue weighted by molar-refractivity contribution is 5.67. The maximum Gasteiger partial charge on any atom is 0.416 e. The number of ether oxygens (including phenoxy) is 1. The van der Waals surface area contributed by atoms with Gasteiger partial charge in [-0.25, -0.2) is 13.6 Å². The Bertz CT molecular complexity index is 1750. The fourth-order valence-electron chi connectivity index (χ4n) is 5.17. The van der Waals surface area contributed by atoms with Crippen molar-refractivity contribution in [2.45, 2.75) is 51.4 Å². The summed E-state index contributed by atoms with van der Waals surface area (Å²) in [6, 6.07) is 14.3. The smallest absolute Gasteiger partial charge is 0.416 e. The molecule has 0 fully saturated rings. The van der Waals surface area contributed by atoms with E-state index in [0.29, 0.717) is 11.6 Å². The van der Waals surface area contributed by atoms with Crippen molar-refractivity contribution in [2.24, 2.45) is 0 Å². The Hall–Kier alpha value is -4.33. The molecule has 45 heavy (non-hydrogen) atoms. The molecule has 0 amide bonds. The van der Waals surface area contributed by atoms with E-state index in [2.05, 4.69) is 5.32 Å². The summed E-state index contributed by atoms with van der Waals surface area (Å²) in [5.74, 6) is -2.37. The van der Waals surface area contributed by atoms with Gasteiger partial charge in [0.25, 0.3) is 5.56 Å². The topological polar surface area (TPSA) is 109 Å². The van der Waals surface area contributed by atoms with E-state index in [9.17, 15) is 32.3 Å². The Labute approximate surface area is 255 Å². The monoisotopic (exact) mass is 632 g/mol. The van der Waals surface area contributed by atoms with Crippen LogP contribution in [0.4, 0.5) is 22.0 Å². The summed E-state index contributed by atoms with van der Waals surface area (Å²) >= 11 is 0. The predicted molar refractivity (Wildman–Crippen MR) is 155 cm³/mol. The molecular weight excluding hydrogens is 601 g/mol. The molecule has 0 aliphatic rings. The minimum atomic E-state index is -4.95. The van der Waals surface area contributed by atoms with Crippen LogP contribution in [0.15, 0.2) is 76.3 Å². The molecule has 8 nitrogen and oxygen atoms in total. The molecule has 0 aliphatic heterocycles. The maximum atomic E-state index is 15.6.